The van der Waals surface area contributed by atoms with E-state index in [9.17, 15) is 4.39 Å². The maximum absolute atomic E-state index is 12.9. The average molecular weight is 289 g/mol. The van der Waals surface area contributed by atoms with Gasteiger partial charge in [0.15, 0.2) is 5.82 Å². The van der Waals surface area contributed by atoms with Crippen LogP contribution in [0.25, 0.3) is 22.3 Å². The molecule has 20 heavy (non-hydrogen) atoms. The van der Waals surface area contributed by atoms with Crippen molar-refractivity contribution >= 4 is 22.5 Å². The van der Waals surface area contributed by atoms with Crippen molar-refractivity contribution in [2.24, 2.45) is 0 Å². The molecular formula is C15H10ClFN2O. The number of nitrogens with zero attached hydrogens (tertiary/aromatic N) is 2. The molecule has 3 nitrogen and oxygen atoms in total. The quantitative estimate of drug-likeness (QED) is 0.712. The van der Waals surface area contributed by atoms with Gasteiger partial charge in [-0.15, -0.1) is 0 Å². The molecule has 3 aromatic rings. The Bertz CT molecular complexity index is 775. The van der Waals surface area contributed by atoms with Crippen molar-refractivity contribution in [1.82, 2.24) is 9.97 Å². The maximum Gasteiger partial charge on any atom is 0.159 e. The average Bonchev–Trinajstić information content (AvgIpc) is 2.48. The molecule has 0 amide bonds. The highest BCUT2D eigenvalue weighted by atomic mass is 35.5. The van der Waals surface area contributed by atoms with Crippen LogP contribution < -0.4 is 4.74 Å². The van der Waals surface area contributed by atoms with Crippen LogP contribution in [0.3, 0.4) is 0 Å². The second kappa shape index (κ2) is 5.06. The van der Waals surface area contributed by atoms with Crippen molar-refractivity contribution in [1.29, 1.82) is 0 Å². The minimum Gasteiger partial charge on any atom is -0.495 e. The molecule has 5 heteroatoms. The van der Waals surface area contributed by atoms with Crippen LogP contribution in [-0.4, -0.2) is 17.1 Å². The molecule has 0 bridgehead atoms. The third-order valence-electron chi connectivity index (χ3n) is 2.98. The Morgan fingerprint density at radius 1 is 1.10 bits per heavy atom. The summed E-state index contributed by atoms with van der Waals surface area (Å²) in [7, 11) is 1.55. The van der Waals surface area contributed by atoms with Gasteiger partial charge in [0.2, 0.25) is 0 Å². The molecule has 0 aliphatic carbocycles. The highest BCUT2D eigenvalue weighted by molar-refractivity contribution is 6.36. The fourth-order valence-corrected chi connectivity index (χ4v) is 2.23. The summed E-state index contributed by atoms with van der Waals surface area (Å²) in [4.78, 5) is 8.71. The van der Waals surface area contributed by atoms with Gasteiger partial charge in [-0.2, -0.15) is 0 Å². The number of hydrogen-bond donors (Lipinski definition) is 0. The Balaban J connectivity index is 2.18. The third-order valence-corrected chi connectivity index (χ3v) is 3.34. The van der Waals surface area contributed by atoms with Crippen molar-refractivity contribution in [2.45, 2.75) is 0 Å². The molecule has 0 radical (unpaired) electrons. The van der Waals surface area contributed by atoms with Gasteiger partial charge < -0.3 is 4.74 Å². The van der Waals surface area contributed by atoms with E-state index < -0.39 is 0 Å². The molecule has 3 rings (SSSR count). The minimum absolute atomic E-state index is 0.297. The summed E-state index contributed by atoms with van der Waals surface area (Å²) >= 11 is 6.25. The fourth-order valence-electron chi connectivity index (χ4n) is 1.94. The second-order valence-corrected chi connectivity index (χ2v) is 4.60. The van der Waals surface area contributed by atoms with E-state index in [0.29, 0.717) is 22.1 Å². The molecular weight excluding hydrogens is 279 g/mol. The zero-order valence-electron chi connectivity index (χ0n) is 10.6. The summed E-state index contributed by atoms with van der Waals surface area (Å²) in [5, 5.41) is 1.26. The van der Waals surface area contributed by atoms with Gasteiger partial charge in [-0.1, -0.05) is 11.6 Å². The molecule has 0 unspecified atom stereocenters. The van der Waals surface area contributed by atoms with Crippen LogP contribution in [0, 0.1) is 5.82 Å². The number of ether oxygens (including phenoxy) is 1. The van der Waals surface area contributed by atoms with Crippen LogP contribution in [0.4, 0.5) is 4.39 Å². The minimum atomic E-state index is -0.297. The summed E-state index contributed by atoms with van der Waals surface area (Å²) in [6.45, 7) is 0. The molecule has 0 aliphatic rings. The molecule has 1 aromatic heterocycles. The smallest absolute Gasteiger partial charge is 0.159 e. The van der Waals surface area contributed by atoms with Crippen molar-refractivity contribution < 1.29 is 9.13 Å². The molecule has 0 N–H and O–H groups in total. The molecule has 0 fully saturated rings. The molecule has 0 aliphatic heterocycles. The van der Waals surface area contributed by atoms with E-state index in [4.69, 9.17) is 16.3 Å². The Morgan fingerprint density at radius 2 is 1.85 bits per heavy atom. The molecule has 0 atom stereocenters. The van der Waals surface area contributed by atoms with Crippen molar-refractivity contribution in [3.63, 3.8) is 0 Å². The third kappa shape index (κ3) is 2.18. The van der Waals surface area contributed by atoms with Crippen LogP contribution in [0.1, 0.15) is 0 Å². The molecule has 0 saturated heterocycles. The Labute approximate surface area is 120 Å². The first-order chi connectivity index (χ1) is 9.69. The first-order valence-electron chi connectivity index (χ1n) is 5.94. The fraction of sp³-hybridized carbons (Fsp3) is 0.0667. The SMILES string of the molecule is COc1ccc2cnc(-c3ccc(F)cc3)nc2c1Cl. The van der Waals surface area contributed by atoms with Gasteiger partial charge in [0.1, 0.15) is 16.6 Å². The molecule has 2 aromatic carbocycles. The van der Waals surface area contributed by atoms with Crippen LogP contribution in [0.2, 0.25) is 5.02 Å². The summed E-state index contributed by atoms with van der Waals surface area (Å²) in [5.74, 6) is 0.754. The summed E-state index contributed by atoms with van der Waals surface area (Å²) in [6, 6.07) is 9.61. The van der Waals surface area contributed by atoms with E-state index in [1.807, 2.05) is 6.07 Å². The van der Waals surface area contributed by atoms with E-state index in [-0.39, 0.29) is 5.82 Å². The highest BCUT2D eigenvalue weighted by Gasteiger charge is 2.10. The van der Waals surface area contributed by atoms with Crippen molar-refractivity contribution in [2.75, 3.05) is 7.11 Å². The van der Waals surface area contributed by atoms with Crippen molar-refractivity contribution in [3.8, 4) is 17.1 Å². The first kappa shape index (κ1) is 12.8. The van der Waals surface area contributed by atoms with Crippen LogP contribution in [0.5, 0.6) is 5.75 Å². The lowest BCUT2D eigenvalue weighted by Gasteiger charge is -2.07. The lowest BCUT2D eigenvalue weighted by Crippen LogP contribution is -1.92. The molecule has 0 saturated carbocycles. The summed E-state index contributed by atoms with van der Waals surface area (Å²) in [6.07, 6.45) is 1.69. The number of fused-ring (bicyclic) bond motifs is 1. The Morgan fingerprint density at radius 3 is 2.55 bits per heavy atom. The van der Waals surface area contributed by atoms with E-state index in [1.54, 1.807) is 31.5 Å². The van der Waals surface area contributed by atoms with E-state index in [2.05, 4.69) is 9.97 Å². The standard InChI is InChI=1S/C15H10ClFN2O/c1-20-12-7-4-10-8-18-15(19-14(10)13(12)16)9-2-5-11(17)6-3-9/h2-8H,1H3. The van der Waals surface area contributed by atoms with Gasteiger partial charge in [-0.25, -0.2) is 14.4 Å². The predicted molar refractivity (Wildman–Crippen MR) is 76.5 cm³/mol. The Hall–Kier alpha value is -2.20. The van der Waals surface area contributed by atoms with E-state index >= 15 is 0 Å². The van der Waals surface area contributed by atoms with Gasteiger partial charge in [-0.05, 0) is 36.4 Å². The molecule has 100 valence electrons. The van der Waals surface area contributed by atoms with E-state index in [1.165, 1.54) is 12.1 Å². The topological polar surface area (TPSA) is 35.0 Å². The van der Waals surface area contributed by atoms with Gasteiger partial charge in [-0.3, -0.25) is 0 Å². The number of halogens is 2. The van der Waals surface area contributed by atoms with Crippen LogP contribution in [-0.2, 0) is 0 Å². The van der Waals surface area contributed by atoms with Crippen LogP contribution in [0.15, 0.2) is 42.6 Å². The number of benzene rings is 2. The number of methoxy groups -OCH3 is 1. The number of hydrogen-bond acceptors (Lipinski definition) is 3. The number of aromatic nitrogens is 2. The van der Waals surface area contributed by atoms with E-state index in [0.717, 1.165) is 10.9 Å². The lowest BCUT2D eigenvalue weighted by atomic mass is 10.2. The van der Waals surface area contributed by atoms with Gasteiger partial charge in [0.25, 0.3) is 0 Å². The van der Waals surface area contributed by atoms with Crippen LogP contribution >= 0.6 is 11.6 Å². The molecule has 1 heterocycles. The van der Waals surface area contributed by atoms with Gasteiger partial charge in [0, 0.05) is 17.1 Å². The second-order valence-electron chi connectivity index (χ2n) is 4.22. The maximum atomic E-state index is 12.9. The normalized spacial score (nSPS) is 10.8. The van der Waals surface area contributed by atoms with Gasteiger partial charge >= 0.3 is 0 Å². The zero-order valence-corrected chi connectivity index (χ0v) is 11.4. The predicted octanol–water partition coefficient (Wildman–Crippen LogP) is 4.10. The zero-order chi connectivity index (χ0) is 14.1. The Kier molecular flexibility index (Phi) is 3.24. The lowest BCUT2D eigenvalue weighted by molar-refractivity contribution is 0.415. The largest absolute Gasteiger partial charge is 0.495 e. The first-order valence-corrected chi connectivity index (χ1v) is 6.32. The highest BCUT2D eigenvalue weighted by Crippen LogP contribution is 2.32. The summed E-state index contributed by atoms with van der Waals surface area (Å²) < 4.78 is 18.1. The van der Waals surface area contributed by atoms with Crippen molar-refractivity contribution in [3.05, 3.63) is 53.4 Å². The monoisotopic (exact) mass is 288 g/mol. The molecule has 0 spiro atoms. The van der Waals surface area contributed by atoms with Gasteiger partial charge in [0.05, 0.1) is 12.6 Å². The number of rotatable bonds is 2. The summed E-state index contributed by atoms with van der Waals surface area (Å²) in [5.41, 5.74) is 1.34.